The van der Waals surface area contributed by atoms with Crippen molar-refractivity contribution in [2.45, 2.75) is 19.4 Å². The Bertz CT molecular complexity index is 420. The molecule has 0 aliphatic carbocycles. The van der Waals surface area contributed by atoms with E-state index >= 15 is 0 Å². The van der Waals surface area contributed by atoms with Crippen molar-refractivity contribution in [3.8, 4) is 5.75 Å². The van der Waals surface area contributed by atoms with Gasteiger partial charge in [-0.3, -0.25) is 9.00 Å². The Morgan fingerprint density at radius 3 is 2.71 bits per heavy atom. The van der Waals surface area contributed by atoms with Gasteiger partial charge >= 0.3 is 0 Å². The second kappa shape index (κ2) is 6.39. The molecule has 2 atom stereocenters. The fraction of sp³-hybridized carbons (Fsp3) is 0.417. The normalized spacial score (nSPS) is 14.0. The molecule has 0 heterocycles. The van der Waals surface area contributed by atoms with E-state index in [0.29, 0.717) is 11.3 Å². The number of carbonyl (C=O) groups is 1. The van der Waals surface area contributed by atoms with Gasteiger partial charge in [-0.05, 0) is 13.0 Å². The number of para-hydroxylation sites is 1. The number of carbonyl (C=O) groups excluding carboxylic acids is 1. The van der Waals surface area contributed by atoms with Crippen LogP contribution >= 0.6 is 0 Å². The van der Waals surface area contributed by atoms with Crippen LogP contribution in [0.1, 0.15) is 12.5 Å². The lowest BCUT2D eigenvalue weighted by molar-refractivity contribution is -0.120. The molecule has 5 heteroatoms. The number of rotatable bonds is 5. The van der Waals surface area contributed by atoms with Crippen LogP contribution in [0.25, 0.3) is 0 Å². The van der Waals surface area contributed by atoms with E-state index in [1.807, 2.05) is 6.92 Å². The fourth-order valence-electron chi connectivity index (χ4n) is 1.55. The predicted molar refractivity (Wildman–Crippen MR) is 68.3 cm³/mol. The summed E-state index contributed by atoms with van der Waals surface area (Å²) < 4.78 is 11.0. The predicted octanol–water partition coefficient (Wildman–Crippen LogP) is 0.818. The SMILES string of the molecule is CC(CS(C)=O)NC(=O)Cc1ccccc1O. The van der Waals surface area contributed by atoms with Crippen LogP contribution in [0.2, 0.25) is 0 Å². The molecule has 0 radical (unpaired) electrons. The Labute approximate surface area is 104 Å². The monoisotopic (exact) mass is 255 g/mol. The van der Waals surface area contributed by atoms with Crippen molar-refractivity contribution in [1.82, 2.24) is 5.32 Å². The fourth-order valence-corrected chi connectivity index (χ4v) is 2.34. The van der Waals surface area contributed by atoms with Crippen LogP contribution in [0.3, 0.4) is 0 Å². The zero-order valence-electron chi connectivity index (χ0n) is 9.97. The van der Waals surface area contributed by atoms with Crippen molar-refractivity contribution in [3.63, 3.8) is 0 Å². The van der Waals surface area contributed by atoms with E-state index in [1.165, 1.54) is 0 Å². The maximum Gasteiger partial charge on any atom is 0.224 e. The summed E-state index contributed by atoms with van der Waals surface area (Å²) in [6.45, 7) is 1.81. The zero-order chi connectivity index (χ0) is 12.8. The third kappa shape index (κ3) is 4.99. The molecule has 17 heavy (non-hydrogen) atoms. The summed E-state index contributed by atoms with van der Waals surface area (Å²) in [5.41, 5.74) is 0.592. The van der Waals surface area contributed by atoms with Crippen molar-refractivity contribution < 1.29 is 14.1 Å². The van der Waals surface area contributed by atoms with Gasteiger partial charge < -0.3 is 10.4 Å². The number of nitrogens with one attached hydrogen (secondary N) is 1. The first-order chi connectivity index (χ1) is 7.99. The van der Waals surface area contributed by atoms with E-state index in [4.69, 9.17) is 0 Å². The molecular weight excluding hydrogens is 238 g/mol. The molecule has 94 valence electrons. The van der Waals surface area contributed by atoms with Crippen molar-refractivity contribution in [3.05, 3.63) is 29.8 Å². The molecule has 0 spiro atoms. The van der Waals surface area contributed by atoms with E-state index in [-0.39, 0.29) is 24.1 Å². The third-order valence-electron chi connectivity index (χ3n) is 2.23. The molecule has 0 saturated carbocycles. The number of hydrogen-bond donors (Lipinski definition) is 2. The number of phenolic OH excluding ortho intramolecular Hbond substituents is 1. The molecule has 1 aromatic rings. The van der Waals surface area contributed by atoms with Crippen LogP contribution in [0.5, 0.6) is 5.75 Å². The highest BCUT2D eigenvalue weighted by Gasteiger charge is 2.11. The highest BCUT2D eigenvalue weighted by Crippen LogP contribution is 2.15. The van der Waals surface area contributed by atoms with E-state index < -0.39 is 10.8 Å². The quantitative estimate of drug-likeness (QED) is 0.818. The highest BCUT2D eigenvalue weighted by atomic mass is 32.2. The van der Waals surface area contributed by atoms with Crippen LogP contribution < -0.4 is 5.32 Å². The largest absolute Gasteiger partial charge is 0.508 e. The molecule has 0 fully saturated rings. The number of hydrogen-bond acceptors (Lipinski definition) is 3. The van der Waals surface area contributed by atoms with E-state index in [0.717, 1.165) is 0 Å². The Morgan fingerprint density at radius 2 is 2.12 bits per heavy atom. The van der Waals surface area contributed by atoms with Crippen molar-refractivity contribution in [2.75, 3.05) is 12.0 Å². The van der Waals surface area contributed by atoms with Gasteiger partial charge in [0.2, 0.25) is 5.91 Å². The number of phenols is 1. The van der Waals surface area contributed by atoms with Crippen molar-refractivity contribution in [1.29, 1.82) is 0 Å². The van der Waals surface area contributed by atoms with Crippen LogP contribution in [-0.4, -0.2) is 33.3 Å². The standard InChI is InChI=1S/C12H17NO3S/c1-9(8-17(2)16)13-12(15)7-10-5-3-4-6-11(10)14/h3-6,9,14H,7-8H2,1-2H3,(H,13,15). The zero-order valence-corrected chi connectivity index (χ0v) is 10.8. The van der Waals surface area contributed by atoms with Crippen LogP contribution in [0.15, 0.2) is 24.3 Å². The molecule has 0 aromatic heterocycles. The minimum absolute atomic E-state index is 0.120. The lowest BCUT2D eigenvalue weighted by Gasteiger charge is -2.12. The second-order valence-corrected chi connectivity index (χ2v) is 5.49. The molecular formula is C12H17NO3S. The molecule has 0 bridgehead atoms. The number of benzene rings is 1. The highest BCUT2D eigenvalue weighted by molar-refractivity contribution is 7.84. The average Bonchev–Trinajstić information content (AvgIpc) is 2.19. The molecule has 2 unspecified atom stereocenters. The molecule has 1 aromatic carbocycles. The Balaban J connectivity index is 2.50. The molecule has 1 amide bonds. The van der Waals surface area contributed by atoms with Crippen LogP contribution in [-0.2, 0) is 22.0 Å². The molecule has 1 rings (SSSR count). The minimum Gasteiger partial charge on any atom is -0.508 e. The average molecular weight is 255 g/mol. The summed E-state index contributed by atoms with van der Waals surface area (Å²) in [6, 6.07) is 6.61. The van der Waals surface area contributed by atoms with Gasteiger partial charge in [0.15, 0.2) is 0 Å². The lowest BCUT2D eigenvalue weighted by atomic mass is 10.1. The van der Waals surface area contributed by atoms with Crippen molar-refractivity contribution in [2.24, 2.45) is 0 Å². The van der Waals surface area contributed by atoms with Gasteiger partial charge in [0.05, 0.1) is 6.42 Å². The number of amides is 1. The molecule has 2 N–H and O–H groups in total. The van der Waals surface area contributed by atoms with E-state index in [2.05, 4.69) is 5.32 Å². The van der Waals surface area contributed by atoms with Gasteiger partial charge in [0.25, 0.3) is 0 Å². The maximum atomic E-state index is 11.6. The van der Waals surface area contributed by atoms with Crippen LogP contribution in [0, 0.1) is 0 Å². The van der Waals surface area contributed by atoms with Gasteiger partial charge in [-0.15, -0.1) is 0 Å². The lowest BCUT2D eigenvalue weighted by Crippen LogP contribution is -2.37. The van der Waals surface area contributed by atoms with Gasteiger partial charge in [-0.25, -0.2) is 0 Å². The van der Waals surface area contributed by atoms with Gasteiger partial charge in [0, 0.05) is 34.4 Å². The second-order valence-electron chi connectivity index (χ2n) is 4.01. The Kier molecular flexibility index (Phi) is 5.15. The Hall–Kier alpha value is -1.36. The Morgan fingerprint density at radius 1 is 1.47 bits per heavy atom. The summed E-state index contributed by atoms with van der Waals surface area (Å²) in [6.07, 6.45) is 1.74. The summed E-state index contributed by atoms with van der Waals surface area (Å²) in [5, 5.41) is 12.3. The first kappa shape index (κ1) is 13.7. The first-order valence-electron chi connectivity index (χ1n) is 5.35. The van der Waals surface area contributed by atoms with E-state index in [1.54, 1.807) is 30.5 Å². The molecule has 4 nitrogen and oxygen atoms in total. The summed E-state index contributed by atoms with van der Waals surface area (Å²) in [7, 11) is -0.927. The van der Waals surface area contributed by atoms with Gasteiger partial charge in [-0.2, -0.15) is 0 Å². The van der Waals surface area contributed by atoms with Crippen LogP contribution in [0.4, 0.5) is 0 Å². The maximum absolute atomic E-state index is 11.6. The molecule has 0 saturated heterocycles. The topological polar surface area (TPSA) is 66.4 Å². The van der Waals surface area contributed by atoms with Crippen molar-refractivity contribution >= 4 is 16.7 Å². The number of aromatic hydroxyl groups is 1. The van der Waals surface area contributed by atoms with Gasteiger partial charge in [0.1, 0.15) is 5.75 Å². The summed E-state index contributed by atoms with van der Waals surface area (Å²) in [5.74, 6) is 0.380. The smallest absolute Gasteiger partial charge is 0.224 e. The summed E-state index contributed by atoms with van der Waals surface area (Å²) in [4.78, 5) is 11.6. The molecule has 0 aliphatic rings. The van der Waals surface area contributed by atoms with Gasteiger partial charge in [-0.1, -0.05) is 18.2 Å². The first-order valence-corrected chi connectivity index (χ1v) is 7.08. The minimum atomic E-state index is -0.927. The van der Waals surface area contributed by atoms with E-state index in [9.17, 15) is 14.1 Å². The molecule has 0 aliphatic heterocycles. The third-order valence-corrected chi connectivity index (χ3v) is 3.20. The summed E-state index contributed by atoms with van der Waals surface area (Å²) >= 11 is 0.